The van der Waals surface area contributed by atoms with Gasteiger partial charge in [0.25, 0.3) is 0 Å². The SMILES string of the molecule is Cc1cc(-n2c3ccc(C(C)(C)C)cc3c3ccc(Oc4cccc(-n5cc6c7ccc(n6[c]5=[Pt])CCc5ccc(c(C)c5C)CC7)c4)cc32)ncc1-c1ccc(C(C)(C)C)cc1. The molecule has 0 saturated heterocycles. The van der Waals surface area contributed by atoms with E-state index in [1.807, 2.05) is 6.20 Å². The van der Waals surface area contributed by atoms with Crippen LogP contribution >= 0.6 is 0 Å². The first-order chi connectivity index (χ1) is 30.1. The monoisotopic (exact) mass is 1010 g/mol. The van der Waals surface area contributed by atoms with Crippen LogP contribution in [-0.4, -0.2) is 18.5 Å². The molecule has 2 aliphatic carbocycles. The van der Waals surface area contributed by atoms with E-state index in [0.717, 1.165) is 69.1 Å². The third-order valence-corrected chi connectivity index (χ3v) is 14.6. The molecular weight excluding hydrogens is 952 g/mol. The van der Waals surface area contributed by atoms with Gasteiger partial charge >= 0.3 is 261 Å². The summed E-state index contributed by atoms with van der Waals surface area (Å²) < 4.78 is 15.1. The first-order valence-corrected chi connectivity index (χ1v) is 23.5. The predicted octanol–water partition coefficient (Wildman–Crippen LogP) is 14.2. The van der Waals surface area contributed by atoms with E-state index >= 15 is 0 Å². The van der Waals surface area contributed by atoms with Crippen LogP contribution in [0.4, 0.5) is 0 Å². The van der Waals surface area contributed by atoms with E-state index < -0.39 is 0 Å². The molecule has 4 bridgehead atoms. The first kappa shape index (κ1) is 41.3. The number of aromatic nitrogens is 4. The molecule has 0 unspecified atom stereocenters. The smallest absolute Gasteiger partial charge is 0.0579 e. The second kappa shape index (κ2) is 15.5. The number of benzene rings is 5. The maximum atomic E-state index is 6.80. The van der Waals surface area contributed by atoms with Gasteiger partial charge in [0.15, 0.2) is 0 Å². The molecule has 0 atom stereocenters. The van der Waals surface area contributed by atoms with Crippen LogP contribution in [0.25, 0.3) is 50.0 Å². The van der Waals surface area contributed by atoms with Crippen molar-refractivity contribution in [3.8, 4) is 34.1 Å². The third-order valence-electron chi connectivity index (χ3n) is 13.6. The molecule has 0 radical (unpaired) electrons. The van der Waals surface area contributed by atoms with Gasteiger partial charge in [0, 0.05) is 11.8 Å². The number of fused-ring (bicyclic) bond motifs is 3. The summed E-state index contributed by atoms with van der Waals surface area (Å²) in [5.41, 5.74) is 19.3. The Hall–Kier alpha value is -5.77. The second-order valence-electron chi connectivity index (χ2n) is 19.7. The molecule has 2 aliphatic heterocycles. The van der Waals surface area contributed by atoms with Crippen molar-refractivity contribution in [1.82, 2.24) is 18.5 Å². The summed E-state index contributed by atoms with van der Waals surface area (Å²) in [7, 11) is 0. The summed E-state index contributed by atoms with van der Waals surface area (Å²) in [4.78, 5) is 5.16. The van der Waals surface area contributed by atoms with Crippen molar-refractivity contribution in [2.24, 2.45) is 0 Å². The second-order valence-corrected chi connectivity index (χ2v) is 20.7. The van der Waals surface area contributed by atoms with Gasteiger partial charge in [0.2, 0.25) is 0 Å². The average Bonchev–Trinajstić information content (AvgIpc) is 3.77. The summed E-state index contributed by atoms with van der Waals surface area (Å²) >= 11 is 2.51. The van der Waals surface area contributed by atoms with Crippen molar-refractivity contribution in [2.75, 3.05) is 0 Å². The van der Waals surface area contributed by atoms with Crippen molar-refractivity contribution < 1.29 is 24.1 Å². The molecule has 0 fully saturated rings. The Morgan fingerprint density at radius 2 is 1.25 bits per heavy atom. The van der Waals surface area contributed by atoms with Crippen molar-refractivity contribution in [3.63, 3.8) is 0 Å². The molecule has 6 heteroatoms. The normalized spacial score (nSPS) is 13.3. The number of ether oxygens (including phenoxy) is 1. The zero-order valence-electron chi connectivity index (χ0n) is 38.0. The number of aryl methyl sites for hydroxylation is 5. The Balaban J connectivity index is 1.03. The van der Waals surface area contributed by atoms with E-state index in [1.165, 1.54) is 72.1 Å². The fraction of sp³-hybridized carbons (Fsp3) is 0.263. The Morgan fingerprint density at radius 1 is 0.587 bits per heavy atom. The first-order valence-electron chi connectivity index (χ1n) is 22.4. The molecule has 320 valence electrons. The van der Waals surface area contributed by atoms with Crippen LogP contribution in [0.1, 0.15) is 91.7 Å². The van der Waals surface area contributed by atoms with Gasteiger partial charge in [-0.25, -0.2) is 0 Å². The number of hydrogen-bond acceptors (Lipinski definition) is 2. The number of nitrogens with zero attached hydrogens (tertiary/aromatic N) is 4. The molecule has 0 saturated carbocycles. The third kappa shape index (κ3) is 7.43. The molecule has 4 aliphatic rings. The number of imidazole rings is 1. The number of hydrogen-bond donors (Lipinski definition) is 0. The van der Waals surface area contributed by atoms with Crippen molar-refractivity contribution in [3.05, 3.63) is 182 Å². The van der Waals surface area contributed by atoms with Gasteiger partial charge in [0.05, 0.1) is 0 Å². The summed E-state index contributed by atoms with van der Waals surface area (Å²) in [6.07, 6.45) is 8.38. The van der Waals surface area contributed by atoms with Crippen LogP contribution in [0.5, 0.6) is 11.5 Å². The minimum atomic E-state index is 0.0132. The van der Waals surface area contributed by atoms with Gasteiger partial charge in [-0.05, 0) is 40.0 Å². The van der Waals surface area contributed by atoms with Gasteiger partial charge < -0.3 is 0 Å². The zero-order chi connectivity index (χ0) is 43.9. The molecule has 6 heterocycles. The Kier molecular flexibility index (Phi) is 10.1. The fourth-order valence-corrected chi connectivity index (χ4v) is 10.6. The Bertz CT molecular complexity index is 3330. The van der Waals surface area contributed by atoms with Gasteiger partial charge in [-0.2, -0.15) is 0 Å². The van der Waals surface area contributed by atoms with Crippen molar-refractivity contribution >= 4 is 27.3 Å². The topological polar surface area (TPSA) is 36.4 Å². The van der Waals surface area contributed by atoms with Crippen LogP contribution in [0, 0.1) is 24.6 Å². The van der Waals surface area contributed by atoms with Crippen molar-refractivity contribution in [2.45, 2.75) is 98.8 Å². The van der Waals surface area contributed by atoms with Gasteiger partial charge in [-0.1, -0.05) is 71.9 Å². The quantitative estimate of drug-likeness (QED) is 0.172. The van der Waals surface area contributed by atoms with E-state index in [9.17, 15) is 0 Å². The summed E-state index contributed by atoms with van der Waals surface area (Å²) in [6, 6.07) is 42.5. The van der Waals surface area contributed by atoms with Crippen LogP contribution in [0.3, 0.4) is 0 Å². The van der Waals surface area contributed by atoms with E-state index in [2.05, 4.69) is 217 Å². The Morgan fingerprint density at radius 3 is 1.97 bits per heavy atom. The van der Waals surface area contributed by atoms with E-state index in [-0.39, 0.29) is 10.8 Å². The molecular formula is C57H56N4OPt. The molecule has 9 aromatic rings. The molecule has 13 rings (SSSR count). The standard InChI is InChI=1S/C57H56N4O.Pt/c1-36-29-55(58-33-51(36)41-17-21-43(22-18-41)56(4,5)6)61-52-28-23-44(57(7,8)9)30-50(52)49-27-26-48(32-53(49)61)62-47-12-10-11-46(31-47)59-34-54-42-16-15-39-13-14-40(38(3)37(39)2)19-24-45(25-20-42)60(54)35-59;/h10-14,17-18,20-23,25-34H,15-16,19,24H2,1-9H3;. The van der Waals surface area contributed by atoms with Gasteiger partial charge in [0.1, 0.15) is 0 Å². The van der Waals surface area contributed by atoms with E-state index in [4.69, 9.17) is 9.72 Å². The van der Waals surface area contributed by atoms with E-state index in [0.29, 0.717) is 0 Å². The minimum absolute atomic E-state index is 0.0132. The summed E-state index contributed by atoms with van der Waals surface area (Å²) in [6.45, 7) is 20.4. The summed E-state index contributed by atoms with van der Waals surface area (Å²) in [5.74, 6) is 2.46. The van der Waals surface area contributed by atoms with Crippen LogP contribution < -0.4 is 4.74 Å². The molecule has 0 amide bonds. The van der Waals surface area contributed by atoms with Crippen LogP contribution in [0.15, 0.2) is 128 Å². The van der Waals surface area contributed by atoms with Gasteiger partial charge in [-0.15, -0.1) is 0 Å². The predicted molar refractivity (Wildman–Crippen MR) is 257 cm³/mol. The maximum absolute atomic E-state index is 6.80. The fourth-order valence-electron chi connectivity index (χ4n) is 9.59. The van der Waals surface area contributed by atoms with Crippen LogP contribution in [-0.2, 0) is 55.9 Å². The molecule has 63 heavy (non-hydrogen) atoms. The summed E-state index contributed by atoms with van der Waals surface area (Å²) in [5, 5.41) is 2.38. The van der Waals surface area contributed by atoms with Crippen LogP contribution in [0.2, 0.25) is 0 Å². The molecule has 0 spiro atoms. The zero-order valence-corrected chi connectivity index (χ0v) is 40.2. The molecule has 5 nitrogen and oxygen atoms in total. The molecule has 5 aromatic carbocycles. The van der Waals surface area contributed by atoms with Crippen molar-refractivity contribution in [1.29, 1.82) is 0 Å². The number of pyridine rings is 2. The average molecular weight is 1010 g/mol. The van der Waals surface area contributed by atoms with Gasteiger partial charge in [-0.3, -0.25) is 0 Å². The molecule has 0 N–H and O–H groups in total. The molecule has 4 aromatic heterocycles. The van der Waals surface area contributed by atoms with E-state index in [1.54, 1.807) is 0 Å². The minimum Gasteiger partial charge on any atom is -0.0579 e. The Labute approximate surface area is 382 Å². The number of rotatable bonds is 5.